The Bertz CT molecular complexity index is 562. The maximum Gasteiger partial charge on any atom is 0.319 e. The van der Waals surface area contributed by atoms with Crippen molar-refractivity contribution < 1.29 is 4.79 Å². The first-order chi connectivity index (χ1) is 8.83. The van der Waals surface area contributed by atoms with Crippen molar-refractivity contribution >= 4 is 33.3 Å². The summed E-state index contributed by atoms with van der Waals surface area (Å²) < 4.78 is 0. The number of hydrogen-bond acceptors (Lipinski definition) is 3. The van der Waals surface area contributed by atoms with Crippen molar-refractivity contribution in [3.05, 3.63) is 23.7 Å². The molecule has 5 heteroatoms. The molecular weight excluding hydrogens is 246 g/mol. The predicted molar refractivity (Wildman–Crippen MR) is 74.0 cm³/mol. The molecule has 0 radical (unpaired) electrons. The highest BCUT2D eigenvalue weighted by Crippen LogP contribution is 2.31. The Morgan fingerprint density at radius 2 is 2.39 bits per heavy atom. The zero-order valence-corrected chi connectivity index (χ0v) is 10.8. The number of anilines is 1. The van der Waals surface area contributed by atoms with E-state index in [1.165, 1.54) is 12.8 Å². The summed E-state index contributed by atoms with van der Waals surface area (Å²) in [5.74, 6) is 0.844. The van der Waals surface area contributed by atoms with Gasteiger partial charge in [-0.25, -0.2) is 9.78 Å². The minimum atomic E-state index is -0.126. The van der Waals surface area contributed by atoms with E-state index in [9.17, 15) is 4.79 Å². The van der Waals surface area contributed by atoms with Gasteiger partial charge in [0.05, 0.1) is 5.69 Å². The Morgan fingerprint density at radius 1 is 1.50 bits per heavy atom. The van der Waals surface area contributed by atoms with Crippen LogP contribution in [0.15, 0.2) is 23.7 Å². The van der Waals surface area contributed by atoms with Crippen LogP contribution in [0.3, 0.4) is 0 Å². The smallest absolute Gasteiger partial charge is 0.319 e. The Hall–Kier alpha value is -1.62. The lowest BCUT2D eigenvalue weighted by atomic mass is 10.3. The fourth-order valence-corrected chi connectivity index (χ4v) is 2.77. The van der Waals surface area contributed by atoms with Gasteiger partial charge in [0, 0.05) is 23.5 Å². The van der Waals surface area contributed by atoms with Gasteiger partial charge in [-0.1, -0.05) is 12.8 Å². The molecule has 2 N–H and O–H groups in total. The standard InChI is InChI=1S/C13H15N3OS/c17-13(15-7-5-9-3-4-9)16-11-8-18-12-10(11)2-1-6-14-12/h1-2,6,8-9H,3-5,7H2,(H2,15,16,17). The van der Waals surface area contributed by atoms with Crippen molar-refractivity contribution in [2.45, 2.75) is 19.3 Å². The molecule has 0 aliphatic heterocycles. The summed E-state index contributed by atoms with van der Waals surface area (Å²) in [6.07, 6.45) is 5.51. The number of fused-ring (bicyclic) bond motifs is 1. The van der Waals surface area contributed by atoms with Gasteiger partial charge in [-0.05, 0) is 24.5 Å². The summed E-state index contributed by atoms with van der Waals surface area (Å²) in [6.45, 7) is 0.761. The summed E-state index contributed by atoms with van der Waals surface area (Å²) in [6, 6.07) is 3.73. The van der Waals surface area contributed by atoms with E-state index in [1.54, 1.807) is 17.5 Å². The average molecular weight is 261 g/mol. The first-order valence-electron chi connectivity index (χ1n) is 6.20. The van der Waals surface area contributed by atoms with E-state index in [0.717, 1.165) is 34.8 Å². The summed E-state index contributed by atoms with van der Waals surface area (Å²) in [5, 5.41) is 8.70. The van der Waals surface area contributed by atoms with Gasteiger partial charge in [0.1, 0.15) is 4.83 Å². The number of amides is 2. The first kappa shape index (κ1) is 11.5. The lowest BCUT2D eigenvalue weighted by Crippen LogP contribution is -2.29. The molecule has 18 heavy (non-hydrogen) atoms. The van der Waals surface area contributed by atoms with Crippen LogP contribution in [-0.4, -0.2) is 17.6 Å². The lowest BCUT2D eigenvalue weighted by Gasteiger charge is -2.06. The van der Waals surface area contributed by atoms with E-state index < -0.39 is 0 Å². The number of carbonyl (C=O) groups is 1. The lowest BCUT2D eigenvalue weighted by molar-refractivity contribution is 0.252. The Kier molecular flexibility index (Phi) is 3.15. The van der Waals surface area contributed by atoms with Crippen molar-refractivity contribution in [2.24, 2.45) is 5.92 Å². The topological polar surface area (TPSA) is 54.0 Å². The SMILES string of the molecule is O=C(NCCC1CC1)Nc1csc2ncccc12. The van der Waals surface area contributed by atoms with Crippen LogP contribution in [0.2, 0.25) is 0 Å². The third-order valence-corrected chi connectivity index (χ3v) is 4.04. The molecule has 0 spiro atoms. The van der Waals surface area contributed by atoms with Gasteiger partial charge >= 0.3 is 6.03 Å². The van der Waals surface area contributed by atoms with Crippen molar-refractivity contribution in [2.75, 3.05) is 11.9 Å². The molecule has 94 valence electrons. The van der Waals surface area contributed by atoms with E-state index in [-0.39, 0.29) is 6.03 Å². The molecule has 0 bridgehead atoms. The summed E-state index contributed by atoms with van der Waals surface area (Å²) in [4.78, 5) is 16.9. The molecule has 1 aliphatic rings. The highest BCUT2D eigenvalue weighted by atomic mass is 32.1. The number of hydrogen-bond donors (Lipinski definition) is 2. The van der Waals surface area contributed by atoms with Gasteiger partial charge in [0.25, 0.3) is 0 Å². The van der Waals surface area contributed by atoms with Crippen LogP contribution in [0, 0.1) is 5.92 Å². The third kappa shape index (κ3) is 2.61. The molecule has 1 saturated carbocycles. The second-order valence-corrected chi connectivity index (χ2v) is 5.48. The van der Waals surface area contributed by atoms with Gasteiger partial charge in [0.15, 0.2) is 0 Å². The summed E-state index contributed by atoms with van der Waals surface area (Å²) >= 11 is 1.54. The largest absolute Gasteiger partial charge is 0.338 e. The number of thiophene rings is 1. The van der Waals surface area contributed by atoms with E-state index in [4.69, 9.17) is 0 Å². The average Bonchev–Trinajstić information content (AvgIpc) is 3.11. The molecule has 0 atom stereocenters. The predicted octanol–water partition coefficient (Wildman–Crippen LogP) is 3.22. The number of pyridine rings is 1. The van der Waals surface area contributed by atoms with Gasteiger partial charge in [-0.3, -0.25) is 0 Å². The first-order valence-corrected chi connectivity index (χ1v) is 7.08. The minimum Gasteiger partial charge on any atom is -0.338 e. The van der Waals surface area contributed by atoms with Crippen LogP contribution in [0.25, 0.3) is 10.2 Å². The highest BCUT2D eigenvalue weighted by molar-refractivity contribution is 7.17. The highest BCUT2D eigenvalue weighted by Gasteiger charge is 2.20. The monoisotopic (exact) mass is 261 g/mol. The van der Waals surface area contributed by atoms with Crippen molar-refractivity contribution in [1.82, 2.24) is 10.3 Å². The second kappa shape index (κ2) is 4.94. The van der Waals surface area contributed by atoms with E-state index in [1.807, 2.05) is 17.5 Å². The van der Waals surface area contributed by atoms with E-state index in [2.05, 4.69) is 15.6 Å². The number of nitrogens with zero attached hydrogens (tertiary/aromatic N) is 1. The van der Waals surface area contributed by atoms with Crippen molar-refractivity contribution in [3.63, 3.8) is 0 Å². The van der Waals surface area contributed by atoms with Gasteiger partial charge in [0.2, 0.25) is 0 Å². The molecule has 2 aromatic rings. The van der Waals surface area contributed by atoms with E-state index >= 15 is 0 Å². The van der Waals surface area contributed by atoms with Crippen LogP contribution < -0.4 is 10.6 Å². The molecule has 4 nitrogen and oxygen atoms in total. The molecule has 3 rings (SSSR count). The number of nitrogens with one attached hydrogen (secondary N) is 2. The Labute approximate surface area is 109 Å². The quantitative estimate of drug-likeness (QED) is 0.888. The molecule has 2 amide bonds. The fraction of sp³-hybridized carbons (Fsp3) is 0.385. The molecule has 1 aliphatic carbocycles. The normalized spacial score (nSPS) is 14.7. The zero-order valence-electron chi connectivity index (χ0n) is 9.98. The third-order valence-electron chi connectivity index (χ3n) is 3.13. The molecule has 1 fully saturated rings. The maximum absolute atomic E-state index is 11.7. The van der Waals surface area contributed by atoms with Gasteiger partial charge < -0.3 is 10.6 Å². The number of rotatable bonds is 4. The number of aromatic nitrogens is 1. The van der Waals surface area contributed by atoms with Crippen LogP contribution in [0.1, 0.15) is 19.3 Å². The summed E-state index contributed by atoms with van der Waals surface area (Å²) in [7, 11) is 0. The summed E-state index contributed by atoms with van der Waals surface area (Å²) in [5.41, 5.74) is 0.840. The van der Waals surface area contributed by atoms with Gasteiger partial charge in [-0.15, -0.1) is 11.3 Å². The minimum absolute atomic E-state index is 0.126. The maximum atomic E-state index is 11.7. The second-order valence-electron chi connectivity index (χ2n) is 4.62. The molecule has 0 saturated heterocycles. The zero-order chi connectivity index (χ0) is 12.4. The molecule has 2 aromatic heterocycles. The fourth-order valence-electron chi connectivity index (χ4n) is 1.93. The molecule has 0 aromatic carbocycles. The van der Waals surface area contributed by atoms with Crippen molar-refractivity contribution in [3.8, 4) is 0 Å². The number of urea groups is 1. The van der Waals surface area contributed by atoms with E-state index in [0.29, 0.717) is 0 Å². The van der Waals surface area contributed by atoms with Crippen molar-refractivity contribution in [1.29, 1.82) is 0 Å². The molecule has 0 unspecified atom stereocenters. The molecular formula is C13H15N3OS. The number of carbonyl (C=O) groups excluding carboxylic acids is 1. The Morgan fingerprint density at radius 3 is 3.22 bits per heavy atom. The Balaban J connectivity index is 1.59. The van der Waals surface area contributed by atoms with Gasteiger partial charge in [-0.2, -0.15) is 0 Å². The van der Waals surface area contributed by atoms with Crippen LogP contribution in [0.4, 0.5) is 10.5 Å². The van der Waals surface area contributed by atoms with Crippen LogP contribution >= 0.6 is 11.3 Å². The van der Waals surface area contributed by atoms with Crippen LogP contribution in [0.5, 0.6) is 0 Å². The van der Waals surface area contributed by atoms with Crippen LogP contribution in [-0.2, 0) is 0 Å². The molecule has 2 heterocycles.